The molecule has 0 fully saturated rings. The molecule has 1 heterocycles. The SMILES string of the molecule is CC(C)c1ccc(C(C)NCCc2ncn(C)n2)cc1. The second kappa shape index (κ2) is 6.66. The molecule has 0 saturated carbocycles. The topological polar surface area (TPSA) is 42.7 Å². The van der Waals surface area contributed by atoms with Crippen molar-refractivity contribution in [1.82, 2.24) is 20.1 Å². The van der Waals surface area contributed by atoms with Gasteiger partial charge in [-0.3, -0.25) is 4.68 Å². The van der Waals surface area contributed by atoms with E-state index in [-0.39, 0.29) is 0 Å². The van der Waals surface area contributed by atoms with Crippen LogP contribution in [0.4, 0.5) is 0 Å². The highest BCUT2D eigenvalue weighted by Crippen LogP contribution is 2.18. The first-order valence-electron chi connectivity index (χ1n) is 7.24. The van der Waals surface area contributed by atoms with Gasteiger partial charge in [-0.25, -0.2) is 4.98 Å². The number of benzene rings is 1. The molecular weight excluding hydrogens is 248 g/mol. The predicted molar refractivity (Wildman–Crippen MR) is 81.7 cm³/mol. The third-order valence-electron chi connectivity index (χ3n) is 3.55. The summed E-state index contributed by atoms with van der Waals surface area (Å²) < 4.78 is 1.74. The first-order chi connectivity index (χ1) is 9.56. The lowest BCUT2D eigenvalue weighted by molar-refractivity contribution is 0.568. The Morgan fingerprint density at radius 2 is 1.75 bits per heavy atom. The van der Waals surface area contributed by atoms with Crippen LogP contribution in [0.25, 0.3) is 0 Å². The fourth-order valence-electron chi connectivity index (χ4n) is 2.19. The van der Waals surface area contributed by atoms with Crippen molar-refractivity contribution in [1.29, 1.82) is 0 Å². The van der Waals surface area contributed by atoms with Crippen LogP contribution in [-0.2, 0) is 13.5 Å². The van der Waals surface area contributed by atoms with Crippen LogP contribution in [0, 0.1) is 0 Å². The van der Waals surface area contributed by atoms with Crippen molar-refractivity contribution in [3.63, 3.8) is 0 Å². The molecule has 0 amide bonds. The molecule has 4 heteroatoms. The van der Waals surface area contributed by atoms with Crippen molar-refractivity contribution in [2.45, 2.75) is 39.2 Å². The fraction of sp³-hybridized carbons (Fsp3) is 0.500. The number of hydrogen-bond acceptors (Lipinski definition) is 3. The highest BCUT2D eigenvalue weighted by molar-refractivity contribution is 5.26. The molecule has 4 nitrogen and oxygen atoms in total. The molecule has 2 rings (SSSR count). The number of nitrogens with zero attached hydrogens (tertiary/aromatic N) is 3. The lowest BCUT2D eigenvalue weighted by Crippen LogP contribution is -2.21. The van der Waals surface area contributed by atoms with Gasteiger partial charge in [0.15, 0.2) is 5.82 Å². The van der Waals surface area contributed by atoms with Crippen molar-refractivity contribution in [3.05, 3.63) is 47.5 Å². The smallest absolute Gasteiger partial charge is 0.151 e. The molecule has 0 spiro atoms. The Kier molecular flexibility index (Phi) is 4.90. The molecule has 1 N–H and O–H groups in total. The molecule has 0 saturated heterocycles. The standard InChI is InChI=1S/C16H24N4/c1-12(2)14-5-7-15(8-6-14)13(3)17-10-9-16-18-11-20(4)19-16/h5-8,11-13,17H,9-10H2,1-4H3. The van der Waals surface area contributed by atoms with E-state index in [4.69, 9.17) is 0 Å². The minimum absolute atomic E-state index is 0.347. The number of aryl methyl sites for hydroxylation is 1. The number of rotatable bonds is 6. The summed E-state index contributed by atoms with van der Waals surface area (Å²) in [4.78, 5) is 4.23. The first kappa shape index (κ1) is 14.7. The van der Waals surface area contributed by atoms with Crippen molar-refractivity contribution in [2.75, 3.05) is 6.54 Å². The van der Waals surface area contributed by atoms with Gasteiger partial charge < -0.3 is 5.32 Å². The summed E-state index contributed by atoms with van der Waals surface area (Å²) in [6, 6.07) is 9.22. The van der Waals surface area contributed by atoms with Gasteiger partial charge in [-0.1, -0.05) is 38.1 Å². The zero-order valence-corrected chi connectivity index (χ0v) is 12.8. The minimum atomic E-state index is 0.347. The van der Waals surface area contributed by atoms with Gasteiger partial charge in [0.1, 0.15) is 6.33 Å². The summed E-state index contributed by atoms with van der Waals surface area (Å²) in [5, 5.41) is 7.79. The third-order valence-corrected chi connectivity index (χ3v) is 3.55. The average molecular weight is 272 g/mol. The van der Waals surface area contributed by atoms with Crippen LogP contribution in [-0.4, -0.2) is 21.3 Å². The van der Waals surface area contributed by atoms with Gasteiger partial charge in [-0.2, -0.15) is 5.10 Å². The quantitative estimate of drug-likeness (QED) is 0.879. The molecule has 0 aliphatic rings. The zero-order chi connectivity index (χ0) is 14.5. The van der Waals surface area contributed by atoms with Gasteiger partial charge >= 0.3 is 0 Å². The van der Waals surface area contributed by atoms with E-state index in [0.717, 1.165) is 18.8 Å². The Bertz CT molecular complexity index is 528. The van der Waals surface area contributed by atoms with Crippen LogP contribution in [0.2, 0.25) is 0 Å². The Balaban J connectivity index is 1.83. The lowest BCUT2D eigenvalue weighted by Gasteiger charge is -2.15. The van der Waals surface area contributed by atoms with E-state index in [1.807, 2.05) is 7.05 Å². The van der Waals surface area contributed by atoms with Crippen LogP contribution in [0.1, 0.15) is 49.7 Å². The number of nitrogens with one attached hydrogen (secondary N) is 1. The molecule has 1 atom stereocenters. The maximum absolute atomic E-state index is 4.28. The van der Waals surface area contributed by atoms with Crippen molar-refractivity contribution >= 4 is 0 Å². The van der Waals surface area contributed by atoms with Crippen LogP contribution in [0.5, 0.6) is 0 Å². The molecular formula is C16H24N4. The normalized spacial score (nSPS) is 12.8. The van der Waals surface area contributed by atoms with Crippen LogP contribution >= 0.6 is 0 Å². The molecule has 0 aliphatic heterocycles. The third kappa shape index (κ3) is 3.90. The van der Waals surface area contributed by atoms with E-state index in [2.05, 4.69) is 60.4 Å². The zero-order valence-electron chi connectivity index (χ0n) is 12.8. The van der Waals surface area contributed by atoms with Crippen LogP contribution < -0.4 is 5.32 Å². The van der Waals surface area contributed by atoms with Gasteiger partial charge in [0.25, 0.3) is 0 Å². The Hall–Kier alpha value is -1.68. The average Bonchev–Trinajstić information content (AvgIpc) is 2.84. The van der Waals surface area contributed by atoms with Crippen molar-refractivity contribution in [2.24, 2.45) is 7.05 Å². The van der Waals surface area contributed by atoms with Gasteiger partial charge in [0.05, 0.1) is 0 Å². The molecule has 108 valence electrons. The summed E-state index contributed by atoms with van der Waals surface area (Å²) in [6.07, 6.45) is 2.60. The van der Waals surface area contributed by atoms with E-state index < -0.39 is 0 Å². The maximum atomic E-state index is 4.28. The largest absolute Gasteiger partial charge is 0.310 e. The van der Waals surface area contributed by atoms with Gasteiger partial charge in [-0.05, 0) is 24.0 Å². The van der Waals surface area contributed by atoms with E-state index in [0.29, 0.717) is 12.0 Å². The molecule has 0 aliphatic carbocycles. The van der Waals surface area contributed by atoms with Gasteiger partial charge in [0.2, 0.25) is 0 Å². The Morgan fingerprint density at radius 3 is 2.30 bits per heavy atom. The highest BCUT2D eigenvalue weighted by atomic mass is 15.3. The number of hydrogen-bond donors (Lipinski definition) is 1. The van der Waals surface area contributed by atoms with Gasteiger partial charge in [0, 0.05) is 26.1 Å². The summed E-state index contributed by atoms with van der Waals surface area (Å²) in [5.41, 5.74) is 2.71. The molecule has 1 aromatic heterocycles. The minimum Gasteiger partial charge on any atom is -0.310 e. The molecule has 0 radical (unpaired) electrons. The van der Waals surface area contributed by atoms with E-state index in [1.54, 1.807) is 11.0 Å². The lowest BCUT2D eigenvalue weighted by atomic mass is 9.99. The van der Waals surface area contributed by atoms with Gasteiger partial charge in [-0.15, -0.1) is 0 Å². The van der Waals surface area contributed by atoms with Crippen molar-refractivity contribution < 1.29 is 0 Å². The van der Waals surface area contributed by atoms with Crippen molar-refractivity contribution in [3.8, 4) is 0 Å². The molecule has 0 bridgehead atoms. The monoisotopic (exact) mass is 272 g/mol. The van der Waals surface area contributed by atoms with E-state index in [1.165, 1.54) is 11.1 Å². The molecule has 20 heavy (non-hydrogen) atoms. The second-order valence-corrected chi connectivity index (χ2v) is 5.58. The van der Waals surface area contributed by atoms with Crippen LogP contribution in [0.15, 0.2) is 30.6 Å². The van der Waals surface area contributed by atoms with E-state index in [9.17, 15) is 0 Å². The molecule has 2 aromatic rings. The molecule has 1 unspecified atom stereocenters. The number of aromatic nitrogens is 3. The summed E-state index contributed by atoms with van der Waals surface area (Å²) in [5.74, 6) is 1.48. The van der Waals surface area contributed by atoms with E-state index >= 15 is 0 Å². The fourth-order valence-corrected chi connectivity index (χ4v) is 2.19. The summed E-state index contributed by atoms with van der Waals surface area (Å²) in [7, 11) is 1.89. The molecule has 1 aromatic carbocycles. The highest BCUT2D eigenvalue weighted by Gasteiger charge is 2.06. The van der Waals surface area contributed by atoms with Crippen LogP contribution in [0.3, 0.4) is 0 Å². The second-order valence-electron chi connectivity index (χ2n) is 5.58. The predicted octanol–water partition coefficient (Wildman–Crippen LogP) is 2.83. The summed E-state index contributed by atoms with van der Waals surface area (Å²) >= 11 is 0. The Morgan fingerprint density at radius 1 is 1.10 bits per heavy atom. The Labute approximate surface area is 121 Å². The maximum Gasteiger partial charge on any atom is 0.151 e. The summed E-state index contributed by atoms with van der Waals surface area (Å²) in [6.45, 7) is 7.51. The first-order valence-corrected chi connectivity index (χ1v) is 7.24.